The molecule has 1 N–H and O–H groups in total. The van der Waals surface area contributed by atoms with E-state index in [0.29, 0.717) is 12.0 Å². The molecular weight excluding hydrogens is 258 g/mol. The Morgan fingerprint density at radius 1 is 1.37 bits per heavy atom. The van der Waals surface area contributed by atoms with Crippen LogP contribution < -0.4 is 5.32 Å². The summed E-state index contributed by atoms with van der Waals surface area (Å²) < 4.78 is 5.20. The predicted octanol–water partition coefficient (Wildman–Crippen LogP) is 4.36. The normalized spacial score (nSPS) is 14.4. The second kappa shape index (κ2) is 8.57. The highest BCUT2D eigenvalue weighted by Gasteiger charge is 2.20. The molecule has 0 aliphatic rings. The molecule has 0 heterocycles. The first kappa shape index (κ1) is 16.5. The van der Waals surface area contributed by atoms with E-state index in [1.165, 1.54) is 11.1 Å². The number of aryl methyl sites for hydroxylation is 1. The summed E-state index contributed by atoms with van der Waals surface area (Å²) in [6.07, 6.45) is 2.19. The molecule has 0 saturated heterocycles. The Kier molecular flexibility index (Phi) is 7.44. The summed E-state index contributed by atoms with van der Waals surface area (Å²) in [6, 6.07) is 6.54. The van der Waals surface area contributed by atoms with Gasteiger partial charge in [-0.05, 0) is 55.5 Å². The van der Waals surface area contributed by atoms with E-state index < -0.39 is 0 Å². The van der Waals surface area contributed by atoms with E-state index in [1.807, 2.05) is 12.1 Å². The topological polar surface area (TPSA) is 21.3 Å². The van der Waals surface area contributed by atoms with Crippen LogP contribution in [0, 0.1) is 12.8 Å². The van der Waals surface area contributed by atoms with Gasteiger partial charge in [0.15, 0.2) is 0 Å². The number of hydrogen-bond acceptors (Lipinski definition) is 2. The van der Waals surface area contributed by atoms with Crippen molar-refractivity contribution in [3.05, 3.63) is 34.3 Å². The first-order valence-electron chi connectivity index (χ1n) is 7.08. The summed E-state index contributed by atoms with van der Waals surface area (Å²) >= 11 is 6.05. The molecule has 0 aliphatic heterocycles. The van der Waals surface area contributed by atoms with E-state index in [4.69, 9.17) is 16.3 Å². The molecule has 19 heavy (non-hydrogen) atoms. The van der Waals surface area contributed by atoms with Gasteiger partial charge >= 0.3 is 0 Å². The van der Waals surface area contributed by atoms with E-state index in [2.05, 4.69) is 32.2 Å². The fourth-order valence-electron chi connectivity index (χ4n) is 2.38. The Morgan fingerprint density at radius 3 is 2.68 bits per heavy atom. The Balaban J connectivity index is 2.88. The lowest BCUT2D eigenvalue weighted by atomic mass is 9.89. The molecule has 1 aromatic carbocycles. The SMILES string of the molecule is CCCNC(c1ccc(Cl)cc1C)C(C)CCOC. The highest BCUT2D eigenvalue weighted by Crippen LogP contribution is 2.28. The second-order valence-electron chi connectivity index (χ2n) is 5.19. The summed E-state index contributed by atoms with van der Waals surface area (Å²) in [5.74, 6) is 0.534. The van der Waals surface area contributed by atoms with Crippen molar-refractivity contribution in [2.75, 3.05) is 20.3 Å². The maximum Gasteiger partial charge on any atom is 0.0465 e. The second-order valence-corrected chi connectivity index (χ2v) is 5.63. The van der Waals surface area contributed by atoms with Crippen LogP contribution in [0.1, 0.15) is 43.9 Å². The van der Waals surface area contributed by atoms with Crippen LogP contribution >= 0.6 is 11.6 Å². The summed E-state index contributed by atoms with van der Waals surface area (Å²) in [5, 5.41) is 4.46. The number of hydrogen-bond donors (Lipinski definition) is 1. The molecule has 0 aromatic heterocycles. The zero-order valence-electron chi connectivity index (χ0n) is 12.5. The molecule has 3 heteroatoms. The van der Waals surface area contributed by atoms with Gasteiger partial charge in [-0.2, -0.15) is 0 Å². The van der Waals surface area contributed by atoms with Crippen molar-refractivity contribution in [1.82, 2.24) is 5.32 Å². The number of benzene rings is 1. The smallest absolute Gasteiger partial charge is 0.0465 e. The molecule has 0 spiro atoms. The van der Waals surface area contributed by atoms with E-state index in [1.54, 1.807) is 7.11 Å². The van der Waals surface area contributed by atoms with Crippen LogP contribution in [0.25, 0.3) is 0 Å². The molecule has 0 amide bonds. The van der Waals surface area contributed by atoms with Crippen molar-refractivity contribution < 1.29 is 4.74 Å². The molecule has 0 fully saturated rings. The lowest BCUT2D eigenvalue weighted by molar-refractivity contribution is 0.170. The van der Waals surface area contributed by atoms with Crippen LogP contribution in [0.3, 0.4) is 0 Å². The van der Waals surface area contributed by atoms with Gasteiger partial charge in [0.25, 0.3) is 0 Å². The standard InChI is InChI=1S/C16H26ClNO/c1-5-9-18-16(12(2)8-10-19-4)15-7-6-14(17)11-13(15)3/h6-7,11-12,16,18H,5,8-10H2,1-4H3. The lowest BCUT2D eigenvalue weighted by Gasteiger charge is -2.27. The predicted molar refractivity (Wildman–Crippen MR) is 82.9 cm³/mol. The molecule has 1 rings (SSSR count). The van der Waals surface area contributed by atoms with Gasteiger partial charge in [-0.15, -0.1) is 0 Å². The van der Waals surface area contributed by atoms with Crippen molar-refractivity contribution in [3.8, 4) is 0 Å². The molecule has 0 bridgehead atoms. The minimum Gasteiger partial charge on any atom is -0.385 e. The van der Waals surface area contributed by atoms with Crippen molar-refractivity contribution in [1.29, 1.82) is 0 Å². The molecule has 0 aliphatic carbocycles. The maximum atomic E-state index is 6.05. The summed E-state index contributed by atoms with van der Waals surface area (Å²) in [5.41, 5.74) is 2.60. The van der Waals surface area contributed by atoms with Crippen molar-refractivity contribution in [2.45, 2.75) is 39.7 Å². The Morgan fingerprint density at radius 2 is 2.11 bits per heavy atom. The Hall–Kier alpha value is -0.570. The van der Waals surface area contributed by atoms with Crippen LogP contribution in [0.15, 0.2) is 18.2 Å². The number of rotatable bonds is 8. The van der Waals surface area contributed by atoms with Gasteiger partial charge in [0.05, 0.1) is 0 Å². The highest BCUT2D eigenvalue weighted by molar-refractivity contribution is 6.30. The van der Waals surface area contributed by atoms with Crippen LogP contribution in [0.5, 0.6) is 0 Å². The number of halogens is 1. The van der Waals surface area contributed by atoms with Crippen LogP contribution in [-0.2, 0) is 4.74 Å². The van der Waals surface area contributed by atoms with Crippen LogP contribution in [0.4, 0.5) is 0 Å². The molecule has 0 radical (unpaired) electrons. The van der Waals surface area contributed by atoms with Gasteiger partial charge in [-0.25, -0.2) is 0 Å². The third kappa shape index (κ3) is 5.13. The Labute approximate surface area is 122 Å². The number of methoxy groups -OCH3 is 1. The zero-order valence-corrected chi connectivity index (χ0v) is 13.3. The third-order valence-corrected chi connectivity index (χ3v) is 3.76. The first-order valence-corrected chi connectivity index (χ1v) is 7.46. The summed E-state index contributed by atoms with van der Waals surface area (Å²) in [7, 11) is 1.76. The summed E-state index contributed by atoms with van der Waals surface area (Å²) in [4.78, 5) is 0. The minimum atomic E-state index is 0.368. The van der Waals surface area contributed by atoms with E-state index in [-0.39, 0.29) is 0 Å². The molecule has 1 aromatic rings. The van der Waals surface area contributed by atoms with Gasteiger partial charge in [-0.3, -0.25) is 0 Å². The zero-order chi connectivity index (χ0) is 14.3. The van der Waals surface area contributed by atoms with E-state index >= 15 is 0 Å². The van der Waals surface area contributed by atoms with Gasteiger partial charge in [0, 0.05) is 24.8 Å². The molecule has 0 saturated carbocycles. The van der Waals surface area contributed by atoms with Crippen LogP contribution in [-0.4, -0.2) is 20.3 Å². The van der Waals surface area contributed by atoms with Gasteiger partial charge in [0.2, 0.25) is 0 Å². The monoisotopic (exact) mass is 283 g/mol. The Bertz CT molecular complexity index is 381. The molecular formula is C16H26ClNO. The molecule has 2 unspecified atom stereocenters. The van der Waals surface area contributed by atoms with Gasteiger partial charge in [-0.1, -0.05) is 31.5 Å². The quantitative estimate of drug-likeness (QED) is 0.765. The number of ether oxygens (including phenoxy) is 1. The largest absolute Gasteiger partial charge is 0.385 e. The average molecular weight is 284 g/mol. The number of nitrogens with one attached hydrogen (secondary N) is 1. The first-order chi connectivity index (χ1) is 9.10. The molecule has 2 atom stereocenters. The minimum absolute atomic E-state index is 0.368. The molecule has 2 nitrogen and oxygen atoms in total. The van der Waals surface area contributed by atoms with Crippen LogP contribution in [0.2, 0.25) is 5.02 Å². The van der Waals surface area contributed by atoms with E-state index in [9.17, 15) is 0 Å². The fourth-order valence-corrected chi connectivity index (χ4v) is 2.60. The van der Waals surface area contributed by atoms with E-state index in [0.717, 1.165) is 31.0 Å². The van der Waals surface area contributed by atoms with Gasteiger partial charge in [0.1, 0.15) is 0 Å². The summed E-state index contributed by atoms with van der Waals surface area (Å²) in [6.45, 7) is 8.44. The third-order valence-electron chi connectivity index (χ3n) is 3.53. The maximum absolute atomic E-state index is 6.05. The van der Waals surface area contributed by atoms with Crippen molar-refractivity contribution in [3.63, 3.8) is 0 Å². The van der Waals surface area contributed by atoms with Crippen molar-refractivity contribution >= 4 is 11.6 Å². The van der Waals surface area contributed by atoms with Crippen molar-refractivity contribution in [2.24, 2.45) is 5.92 Å². The molecule has 108 valence electrons. The fraction of sp³-hybridized carbons (Fsp3) is 0.625. The highest BCUT2D eigenvalue weighted by atomic mass is 35.5. The average Bonchev–Trinajstić information content (AvgIpc) is 2.38. The lowest BCUT2D eigenvalue weighted by Crippen LogP contribution is -2.29. The van der Waals surface area contributed by atoms with Gasteiger partial charge < -0.3 is 10.1 Å².